The van der Waals surface area contributed by atoms with Gasteiger partial charge in [-0.2, -0.15) is 0 Å². The number of phenolic OH excluding ortho intramolecular Hbond substituents is 3. The lowest BCUT2D eigenvalue weighted by Gasteiger charge is -2.43. The highest BCUT2D eigenvalue weighted by Gasteiger charge is 2.50. The van der Waals surface area contributed by atoms with Crippen LogP contribution in [0.4, 0.5) is 0 Å². The second kappa shape index (κ2) is 16.2. The van der Waals surface area contributed by atoms with E-state index in [-0.39, 0.29) is 28.4 Å². The number of aliphatic hydroxyl groups is 12. The maximum Gasteiger partial charge on any atom is 0.270 e. The summed E-state index contributed by atoms with van der Waals surface area (Å²) in [4.78, 5) is 0. The van der Waals surface area contributed by atoms with E-state index in [2.05, 4.69) is 4.74 Å². The zero-order valence-corrected chi connectivity index (χ0v) is 28.0. The molecule has 0 aliphatic carbocycles. The molecule has 0 bridgehead atoms. The average Bonchev–Trinajstić information content (AvgIpc) is 3.15. The molecule has 0 amide bonds. The lowest BCUT2D eigenvalue weighted by Crippen LogP contribution is -2.61. The molecule has 4 aliphatic rings. The van der Waals surface area contributed by atoms with E-state index in [4.69, 9.17) is 28.4 Å². The predicted octanol–water partition coefficient (Wildman–Crippen LogP) is -5.04. The Morgan fingerprint density at radius 1 is 0.574 bits per heavy atom. The maximum atomic E-state index is 11.0. The molecule has 54 heavy (non-hydrogen) atoms. The Labute approximate surface area is 304 Å². The van der Waals surface area contributed by atoms with Crippen molar-refractivity contribution in [3.8, 4) is 28.7 Å². The van der Waals surface area contributed by atoms with Crippen molar-refractivity contribution in [3.63, 3.8) is 0 Å². The van der Waals surface area contributed by atoms with Crippen molar-refractivity contribution in [3.05, 3.63) is 47.2 Å². The number of rotatable bonds is 10. The second-order valence-electron chi connectivity index (χ2n) is 13.2. The van der Waals surface area contributed by atoms with Crippen LogP contribution in [0, 0.1) is 0 Å². The lowest BCUT2D eigenvalue weighted by atomic mass is 9.98. The fourth-order valence-corrected chi connectivity index (χ4v) is 6.39. The molecule has 3 saturated heterocycles. The number of fused-ring (bicyclic) bond motifs is 1. The van der Waals surface area contributed by atoms with Gasteiger partial charge in [-0.1, -0.05) is 0 Å². The first-order valence-electron chi connectivity index (χ1n) is 16.7. The summed E-state index contributed by atoms with van der Waals surface area (Å²) in [7, 11) is 0. The molecule has 0 aromatic heterocycles. The molecular formula is C33H43O21+. The number of hydrogen-bond acceptors (Lipinski definition) is 20. The van der Waals surface area contributed by atoms with Gasteiger partial charge in [0.25, 0.3) is 11.9 Å². The van der Waals surface area contributed by atoms with Crippen LogP contribution in [-0.2, 0) is 23.7 Å². The summed E-state index contributed by atoms with van der Waals surface area (Å²) in [6.45, 7) is -2.16. The van der Waals surface area contributed by atoms with Gasteiger partial charge in [0, 0.05) is 12.1 Å². The van der Waals surface area contributed by atoms with Crippen molar-refractivity contribution in [1.29, 1.82) is 0 Å². The Morgan fingerprint density at radius 3 is 1.70 bits per heavy atom. The Balaban J connectivity index is 1.30. The van der Waals surface area contributed by atoms with Gasteiger partial charge in [-0.25, -0.2) is 0 Å². The molecule has 1 unspecified atom stereocenters. The Hall–Kier alpha value is -3.62. The Morgan fingerprint density at radius 2 is 1.11 bits per heavy atom. The first-order valence-corrected chi connectivity index (χ1v) is 16.7. The van der Waals surface area contributed by atoms with Crippen LogP contribution in [0.2, 0.25) is 0 Å². The van der Waals surface area contributed by atoms with Gasteiger partial charge in [0.15, 0.2) is 23.5 Å². The van der Waals surface area contributed by atoms with Crippen LogP contribution in [0.3, 0.4) is 0 Å². The van der Waals surface area contributed by atoms with Crippen LogP contribution in [0.5, 0.6) is 28.7 Å². The number of phenols is 3. The number of aliphatic hydroxyl groups excluding tert-OH is 11. The van der Waals surface area contributed by atoms with Gasteiger partial charge >= 0.3 is 0 Å². The molecule has 0 saturated carbocycles. The molecule has 16 atom stereocenters. The zero-order valence-electron chi connectivity index (χ0n) is 28.0. The van der Waals surface area contributed by atoms with Crippen LogP contribution >= 0.6 is 0 Å². The fraction of sp³-hybridized carbons (Fsp3) is 0.576. The van der Waals surface area contributed by atoms with E-state index in [1.807, 2.05) is 0 Å². The van der Waals surface area contributed by atoms with Crippen LogP contribution < -0.4 is 4.74 Å². The van der Waals surface area contributed by atoms with E-state index in [1.54, 1.807) is 0 Å². The topological polar surface area (TPSA) is 351 Å². The molecule has 6 rings (SSSR count). The van der Waals surface area contributed by atoms with Crippen molar-refractivity contribution >= 4 is 6.08 Å². The smallest absolute Gasteiger partial charge is 0.270 e. The average molecular weight is 776 g/mol. The zero-order chi connectivity index (χ0) is 39.2. The number of hydrogen-bond donors (Lipinski definition) is 14. The number of benzene rings is 2. The van der Waals surface area contributed by atoms with Crippen LogP contribution in [-0.4, -0.2) is 188 Å². The first-order chi connectivity index (χ1) is 25.6. The van der Waals surface area contributed by atoms with Crippen molar-refractivity contribution in [1.82, 2.24) is 0 Å². The summed E-state index contributed by atoms with van der Waals surface area (Å²) >= 11 is 0. The standard InChI is InChI=1S/C33H42O21/c34-7-18-21(39)24(42)27(45)31(52-18)48-9-20-23(41)26(44)29(47)33(54-20)51-17-6-12-15(49-30(17)10-1-2-13(37)14(38)3-10)4-11(36)5-16(12)50-32-28(46)25(43)22(40)19(8-35)53-32/h1-6,18-47H,7-9H2/p+1/t18-,19-,20-,21-,22-,23-,24+,25+,26+,27-,28-,29-,30?,31-,32-,33-/m1/s1. The summed E-state index contributed by atoms with van der Waals surface area (Å²) in [5, 5.41) is 144. The molecule has 15 N–H and O–H groups in total. The highest BCUT2D eigenvalue weighted by atomic mass is 16.7. The lowest BCUT2D eigenvalue weighted by molar-refractivity contribution is -0.328. The van der Waals surface area contributed by atoms with Crippen LogP contribution in [0.15, 0.2) is 36.1 Å². The van der Waals surface area contributed by atoms with E-state index < -0.39 is 135 Å². The van der Waals surface area contributed by atoms with Gasteiger partial charge < -0.3 is 105 Å². The molecule has 300 valence electrons. The highest BCUT2D eigenvalue weighted by molar-refractivity contribution is 5.70. The molecule has 0 radical (unpaired) electrons. The minimum Gasteiger partial charge on any atom is -0.571 e. The second-order valence-corrected chi connectivity index (χ2v) is 13.2. The third-order valence-electron chi connectivity index (χ3n) is 9.53. The molecule has 2 aromatic carbocycles. The van der Waals surface area contributed by atoms with Crippen LogP contribution in [0.1, 0.15) is 17.2 Å². The van der Waals surface area contributed by atoms with Gasteiger partial charge in [0.2, 0.25) is 12.6 Å². The van der Waals surface area contributed by atoms with Gasteiger partial charge in [0.1, 0.15) is 90.3 Å². The largest absolute Gasteiger partial charge is 0.571 e. The molecular weight excluding hydrogens is 732 g/mol. The number of aromatic hydroxyl groups is 4. The molecule has 0 spiro atoms. The van der Waals surface area contributed by atoms with E-state index in [1.165, 1.54) is 18.2 Å². The normalized spacial score (nSPS) is 39.6. The molecule has 21 heteroatoms. The van der Waals surface area contributed by atoms with E-state index in [0.717, 1.165) is 18.2 Å². The minimum atomic E-state index is -1.94. The van der Waals surface area contributed by atoms with E-state index in [9.17, 15) is 71.5 Å². The van der Waals surface area contributed by atoms with Crippen molar-refractivity contribution in [2.45, 2.75) is 98.2 Å². The Kier molecular flexibility index (Phi) is 12.0. The molecule has 2 aromatic rings. The highest BCUT2D eigenvalue weighted by Crippen LogP contribution is 2.47. The van der Waals surface area contributed by atoms with E-state index >= 15 is 0 Å². The predicted molar refractivity (Wildman–Crippen MR) is 172 cm³/mol. The summed E-state index contributed by atoms with van der Waals surface area (Å²) < 4.78 is 38.5. The van der Waals surface area contributed by atoms with Crippen LogP contribution in [0.25, 0.3) is 6.08 Å². The Bertz CT molecular complexity index is 1640. The minimum absolute atomic E-state index is 0.0332. The molecule has 4 heterocycles. The SMILES string of the molecule is OC[C@H]1O[C@@H](OC[C@H]2O[C@@H](OC3=Cc4c(O[C@@H]5O[C@H](CO)[C@@H](O)[C@H](O)[C@H]5O)cc(O)cc4[OH+]C3c3ccc(O)c(O)c3)[C@H](O)[C@@H](O)[C@@H]2O)[C@H](O)[C@@H](O)[C@@H]1O. The number of ether oxygens (including phenoxy) is 7. The van der Waals surface area contributed by atoms with Crippen molar-refractivity contribution in [2.24, 2.45) is 0 Å². The van der Waals surface area contributed by atoms with Crippen molar-refractivity contribution < 1.29 is 105 Å². The van der Waals surface area contributed by atoms with Gasteiger partial charge in [-0.15, -0.1) is 0 Å². The monoisotopic (exact) mass is 775 g/mol. The first kappa shape index (κ1) is 40.1. The summed E-state index contributed by atoms with van der Waals surface area (Å²) in [5.41, 5.74) is 0.239. The maximum absolute atomic E-state index is 11.0. The third-order valence-corrected chi connectivity index (χ3v) is 9.53. The van der Waals surface area contributed by atoms with E-state index in [0.29, 0.717) is 0 Å². The molecule has 21 nitrogen and oxygen atoms in total. The summed E-state index contributed by atoms with van der Waals surface area (Å²) in [6, 6.07) is 5.98. The molecule has 4 aliphatic heterocycles. The summed E-state index contributed by atoms with van der Waals surface area (Å²) in [6.07, 6.45) is -25.5. The quantitative estimate of drug-likeness (QED) is 0.0793. The third kappa shape index (κ3) is 7.75. The fourth-order valence-electron chi connectivity index (χ4n) is 6.39. The van der Waals surface area contributed by atoms with Gasteiger partial charge in [-0.3, -0.25) is 0 Å². The molecule has 3 fully saturated rings. The summed E-state index contributed by atoms with van der Waals surface area (Å²) in [5.74, 6) is -1.79. The van der Waals surface area contributed by atoms with Crippen molar-refractivity contribution in [2.75, 3.05) is 19.8 Å². The van der Waals surface area contributed by atoms with Gasteiger partial charge in [-0.05, 0) is 18.2 Å². The van der Waals surface area contributed by atoms with Gasteiger partial charge in [0.05, 0.1) is 31.5 Å².